The molecule has 0 aromatic carbocycles. The molecule has 0 aliphatic rings. The Morgan fingerprint density at radius 1 is 0.897 bits per heavy atom. The minimum Gasteiger partial charge on any atom is -0.480 e. The highest BCUT2D eigenvalue weighted by molar-refractivity contribution is 5.93. The van der Waals surface area contributed by atoms with Crippen molar-refractivity contribution in [3.63, 3.8) is 0 Å². The molecule has 0 aliphatic carbocycles. The average Bonchev–Trinajstić information content (AvgIpc) is 2.67. The molecule has 0 spiro atoms. The van der Waals surface area contributed by atoms with Crippen molar-refractivity contribution in [3.05, 3.63) is 0 Å². The summed E-state index contributed by atoms with van der Waals surface area (Å²) < 4.78 is 0. The number of rotatable bonds is 14. The summed E-state index contributed by atoms with van der Waals surface area (Å²) in [6, 6.07) is -2.85. The molecule has 4 unspecified atom stereocenters. The van der Waals surface area contributed by atoms with E-state index in [4.69, 9.17) is 11.5 Å². The zero-order valence-electron chi connectivity index (χ0n) is 17.9. The molecule has 10 nitrogen and oxygen atoms in total. The molecule has 29 heavy (non-hydrogen) atoms. The number of aliphatic carboxylic acids is 1. The first-order chi connectivity index (χ1) is 13.6. The Labute approximate surface area is 172 Å². The molecule has 0 heterocycles. The highest BCUT2D eigenvalue weighted by Gasteiger charge is 2.31. The van der Waals surface area contributed by atoms with Gasteiger partial charge in [0.2, 0.25) is 17.7 Å². The Hall–Kier alpha value is -2.20. The summed E-state index contributed by atoms with van der Waals surface area (Å²) >= 11 is 0. The van der Waals surface area contributed by atoms with E-state index >= 15 is 0 Å². The molecule has 168 valence electrons. The number of nitrogens with two attached hydrogens (primary N) is 2. The quantitative estimate of drug-likeness (QED) is 0.203. The first-order valence-corrected chi connectivity index (χ1v) is 10.1. The molecule has 0 aromatic heterocycles. The van der Waals surface area contributed by atoms with E-state index in [0.717, 1.165) is 0 Å². The molecule has 0 saturated carbocycles. The lowest BCUT2D eigenvalue weighted by Gasteiger charge is -2.27. The second-order valence-corrected chi connectivity index (χ2v) is 7.55. The summed E-state index contributed by atoms with van der Waals surface area (Å²) in [6.07, 6.45) is 2.17. The van der Waals surface area contributed by atoms with Crippen LogP contribution in [0.2, 0.25) is 0 Å². The Morgan fingerprint density at radius 3 is 1.97 bits per heavy atom. The predicted octanol–water partition coefficient (Wildman–Crippen LogP) is -0.685. The molecule has 3 amide bonds. The Balaban J connectivity index is 5.40. The molecule has 10 heteroatoms. The van der Waals surface area contributed by atoms with Gasteiger partial charge < -0.3 is 32.5 Å². The third-order valence-corrected chi connectivity index (χ3v) is 4.81. The van der Waals surface area contributed by atoms with E-state index in [2.05, 4.69) is 16.0 Å². The monoisotopic (exact) mass is 415 g/mol. The fourth-order valence-electron chi connectivity index (χ4n) is 2.72. The average molecular weight is 416 g/mol. The highest BCUT2D eigenvalue weighted by atomic mass is 16.4. The van der Waals surface area contributed by atoms with Gasteiger partial charge in [0.05, 0.1) is 6.54 Å². The van der Waals surface area contributed by atoms with Crippen LogP contribution in [0, 0.1) is 11.8 Å². The molecule has 0 saturated heterocycles. The van der Waals surface area contributed by atoms with Crippen LogP contribution in [0.25, 0.3) is 0 Å². The summed E-state index contributed by atoms with van der Waals surface area (Å²) in [6.45, 7) is 7.24. The normalized spacial score (nSPS) is 15.1. The fourth-order valence-corrected chi connectivity index (χ4v) is 2.72. The molecule has 0 bridgehead atoms. The number of carbonyl (C=O) groups excluding carboxylic acids is 3. The van der Waals surface area contributed by atoms with Crippen LogP contribution in [0.1, 0.15) is 53.4 Å². The van der Waals surface area contributed by atoms with Gasteiger partial charge in [-0.25, -0.2) is 4.79 Å². The predicted molar refractivity (Wildman–Crippen MR) is 110 cm³/mol. The maximum atomic E-state index is 12.8. The summed E-state index contributed by atoms with van der Waals surface area (Å²) in [5.41, 5.74) is 10.8. The van der Waals surface area contributed by atoms with Crippen LogP contribution < -0.4 is 27.4 Å². The van der Waals surface area contributed by atoms with Gasteiger partial charge in [-0.15, -0.1) is 0 Å². The second-order valence-electron chi connectivity index (χ2n) is 7.55. The van der Waals surface area contributed by atoms with Crippen molar-refractivity contribution < 1.29 is 24.3 Å². The Kier molecular flexibility index (Phi) is 12.8. The van der Waals surface area contributed by atoms with Crippen molar-refractivity contribution in [2.75, 3.05) is 13.1 Å². The first kappa shape index (κ1) is 26.8. The summed E-state index contributed by atoms with van der Waals surface area (Å²) in [4.78, 5) is 48.6. The molecule has 0 rings (SSSR count). The third-order valence-electron chi connectivity index (χ3n) is 4.81. The van der Waals surface area contributed by atoms with Gasteiger partial charge in [0.1, 0.15) is 18.1 Å². The van der Waals surface area contributed by atoms with Crippen molar-refractivity contribution in [2.45, 2.75) is 71.5 Å². The highest BCUT2D eigenvalue weighted by Crippen LogP contribution is 2.10. The van der Waals surface area contributed by atoms with E-state index in [9.17, 15) is 24.3 Å². The van der Waals surface area contributed by atoms with E-state index in [-0.39, 0.29) is 18.4 Å². The van der Waals surface area contributed by atoms with Crippen molar-refractivity contribution in [2.24, 2.45) is 23.3 Å². The first-order valence-electron chi connectivity index (χ1n) is 10.1. The molecular formula is C19H37N5O5. The van der Waals surface area contributed by atoms with Crippen LogP contribution in [0.4, 0.5) is 0 Å². The smallest absolute Gasteiger partial charge is 0.326 e. The van der Waals surface area contributed by atoms with Crippen LogP contribution in [0.5, 0.6) is 0 Å². The van der Waals surface area contributed by atoms with Crippen LogP contribution in [0.3, 0.4) is 0 Å². The van der Waals surface area contributed by atoms with Crippen molar-refractivity contribution in [1.29, 1.82) is 0 Å². The largest absolute Gasteiger partial charge is 0.480 e. The number of carboxylic acids is 1. The van der Waals surface area contributed by atoms with Crippen molar-refractivity contribution in [1.82, 2.24) is 16.0 Å². The Morgan fingerprint density at radius 2 is 1.52 bits per heavy atom. The molecule has 0 radical (unpaired) electrons. The molecule has 4 atom stereocenters. The number of unbranched alkanes of at least 4 members (excludes halogenated alkanes) is 1. The molecule has 8 N–H and O–H groups in total. The fraction of sp³-hybridized carbons (Fsp3) is 0.789. The van der Waals surface area contributed by atoms with E-state index in [1.807, 2.05) is 13.8 Å². The van der Waals surface area contributed by atoms with Gasteiger partial charge in [0, 0.05) is 0 Å². The maximum absolute atomic E-state index is 12.8. The standard InChI is InChI=1S/C19H37N5O5/c1-5-12(4)16(23-14(25)10-21)18(27)22-13(8-6-7-9-20)17(26)24-15(11(2)3)19(28)29/h11-13,15-16H,5-10,20-21H2,1-4H3,(H,22,27)(H,23,25)(H,24,26)(H,28,29). The van der Waals surface area contributed by atoms with Crippen LogP contribution in [0.15, 0.2) is 0 Å². The molecule has 0 fully saturated rings. The van der Waals surface area contributed by atoms with Crippen LogP contribution in [-0.2, 0) is 19.2 Å². The number of nitrogens with one attached hydrogen (secondary N) is 3. The Bertz CT molecular complexity index is 555. The van der Waals surface area contributed by atoms with Gasteiger partial charge in [0.25, 0.3) is 0 Å². The van der Waals surface area contributed by atoms with E-state index in [1.54, 1.807) is 13.8 Å². The zero-order chi connectivity index (χ0) is 22.6. The third kappa shape index (κ3) is 9.71. The van der Waals surface area contributed by atoms with Gasteiger partial charge in [-0.05, 0) is 37.6 Å². The van der Waals surface area contributed by atoms with Gasteiger partial charge in [0.15, 0.2) is 0 Å². The van der Waals surface area contributed by atoms with Gasteiger partial charge in [-0.3, -0.25) is 14.4 Å². The summed E-state index contributed by atoms with van der Waals surface area (Å²) in [5, 5.41) is 17.0. The molecule has 0 aromatic rings. The topological polar surface area (TPSA) is 177 Å². The van der Waals surface area contributed by atoms with Crippen molar-refractivity contribution in [3.8, 4) is 0 Å². The second kappa shape index (κ2) is 13.9. The summed E-state index contributed by atoms with van der Waals surface area (Å²) in [5.74, 6) is -3.21. The van der Waals surface area contributed by atoms with Gasteiger partial charge >= 0.3 is 5.97 Å². The van der Waals surface area contributed by atoms with Crippen molar-refractivity contribution >= 4 is 23.7 Å². The minimum absolute atomic E-state index is 0.180. The number of hydrogen-bond donors (Lipinski definition) is 6. The number of carbonyl (C=O) groups is 4. The van der Waals surface area contributed by atoms with Crippen LogP contribution >= 0.6 is 0 Å². The minimum atomic E-state index is -1.15. The SMILES string of the molecule is CCC(C)C(NC(=O)CN)C(=O)NC(CCCCN)C(=O)NC(C(=O)O)C(C)C. The van der Waals surface area contributed by atoms with Gasteiger partial charge in [-0.1, -0.05) is 34.1 Å². The number of amides is 3. The van der Waals surface area contributed by atoms with Crippen LogP contribution in [-0.4, -0.2) is 60.0 Å². The van der Waals surface area contributed by atoms with E-state index < -0.39 is 41.8 Å². The number of hydrogen-bond acceptors (Lipinski definition) is 6. The zero-order valence-corrected chi connectivity index (χ0v) is 17.9. The lowest BCUT2D eigenvalue weighted by molar-refractivity contribution is -0.143. The van der Waals surface area contributed by atoms with Gasteiger partial charge in [-0.2, -0.15) is 0 Å². The number of carboxylic acid groups (broad SMARTS) is 1. The summed E-state index contributed by atoms with van der Waals surface area (Å²) in [7, 11) is 0. The van der Waals surface area contributed by atoms with E-state index in [1.165, 1.54) is 0 Å². The molecule has 0 aliphatic heterocycles. The molecular weight excluding hydrogens is 378 g/mol. The maximum Gasteiger partial charge on any atom is 0.326 e. The lowest BCUT2D eigenvalue weighted by atomic mass is 9.97. The van der Waals surface area contributed by atoms with E-state index in [0.29, 0.717) is 32.2 Å². The lowest BCUT2D eigenvalue weighted by Crippen LogP contribution is -2.58.